The van der Waals surface area contributed by atoms with E-state index in [-0.39, 0.29) is 5.54 Å². The smallest absolute Gasteiger partial charge is 0.475 e. The summed E-state index contributed by atoms with van der Waals surface area (Å²) in [4.78, 5) is 44.0. The Labute approximate surface area is 233 Å². The fourth-order valence-corrected chi connectivity index (χ4v) is 5.52. The van der Waals surface area contributed by atoms with E-state index in [1.54, 1.807) is 11.3 Å². The first kappa shape index (κ1) is 33.4. The number of nitrogens with zero attached hydrogens (tertiary/aromatic N) is 4. The molecule has 0 aliphatic carbocycles. The van der Waals surface area contributed by atoms with Gasteiger partial charge in [-0.05, 0) is 38.3 Å². The Balaban J connectivity index is 0.000000333. The minimum Gasteiger partial charge on any atom is -0.475 e. The van der Waals surface area contributed by atoms with Crippen LogP contribution in [0.2, 0.25) is 0 Å². The van der Waals surface area contributed by atoms with Gasteiger partial charge in [-0.1, -0.05) is 6.07 Å². The average molecular weight is 619 g/mol. The summed E-state index contributed by atoms with van der Waals surface area (Å²) in [6, 6.07) is 4.31. The second-order valence-electron chi connectivity index (χ2n) is 9.00. The molecule has 0 unspecified atom stereocenters. The maximum Gasteiger partial charge on any atom is 0.490 e. The normalized spacial score (nSPS) is 18.0. The third-order valence-electron chi connectivity index (χ3n) is 6.27. The van der Waals surface area contributed by atoms with Crippen molar-refractivity contribution in [2.24, 2.45) is 0 Å². The average Bonchev–Trinajstić information content (AvgIpc) is 3.52. The number of rotatable bonds is 4. The Kier molecular flexibility index (Phi) is 11.5. The minimum absolute atomic E-state index is 0.299. The summed E-state index contributed by atoms with van der Waals surface area (Å²) in [5.74, 6) is -5.22. The number of alkyl halides is 6. The van der Waals surface area contributed by atoms with Crippen LogP contribution in [0.4, 0.5) is 26.3 Å². The van der Waals surface area contributed by atoms with E-state index in [0.29, 0.717) is 12.5 Å². The van der Waals surface area contributed by atoms with Crippen LogP contribution in [0, 0.1) is 6.92 Å². The van der Waals surface area contributed by atoms with E-state index in [9.17, 15) is 31.1 Å². The van der Waals surface area contributed by atoms with Gasteiger partial charge in [-0.25, -0.2) is 14.6 Å². The predicted molar refractivity (Wildman–Crippen MR) is 134 cm³/mol. The van der Waals surface area contributed by atoms with Crippen LogP contribution >= 0.6 is 22.7 Å². The Morgan fingerprint density at radius 3 is 1.95 bits per heavy atom. The Hall–Kier alpha value is -2.76. The van der Waals surface area contributed by atoms with Gasteiger partial charge in [0.05, 0.1) is 17.2 Å². The third kappa shape index (κ3) is 9.42. The second-order valence-corrected chi connectivity index (χ2v) is 11.1. The number of carbonyl (C=O) groups is 3. The molecular weight excluding hydrogens is 590 g/mol. The molecule has 0 aromatic carbocycles. The molecule has 2 fully saturated rings. The highest BCUT2D eigenvalue weighted by molar-refractivity contribution is 7.10. The van der Waals surface area contributed by atoms with Crippen LogP contribution in [-0.4, -0.2) is 98.9 Å². The number of thiazole rings is 1. The van der Waals surface area contributed by atoms with Crippen molar-refractivity contribution in [3.63, 3.8) is 0 Å². The standard InChI is InChI=1S/C19H26N4OS2.2C2HF3O2/c1-15-20-16(14-26-15)12-23-10-9-21(2)19(18(23)24)5-7-22(8-6-19)13-17-4-3-11-25-17;2*3-2(4,5)1(6)7/h3-4,11,14H,5-10,12-13H2,1-2H3;2*(H,6,7). The van der Waals surface area contributed by atoms with Crippen molar-refractivity contribution in [1.82, 2.24) is 19.7 Å². The number of amides is 1. The van der Waals surface area contributed by atoms with Gasteiger partial charge in [0, 0.05) is 43.0 Å². The van der Waals surface area contributed by atoms with Gasteiger partial charge in [-0.2, -0.15) is 26.3 Å². The molecule has 4 heterocycles. The van der Waals surface area contributed by atoms with Gasteiger partial charge in [-0.15, -0.1) is 22.7 Å². The van der Waals surface area contributed by atoms with Gasteiger partial charge in [0.1, 0.15) is 5.54 Å². The first-order valence-corrected chi connectivity index (χ1v) is 13.5. The molecule has 40 heavy (non-hydrogen) atoms. The molecule has 0 atom stereocenters. The largest absolute Gasteiger partial charge is 0.490 e. The number of likely N-dealkylation sites (N-methyl/N-ethyl adjacent to an activating group) is 1. The molecule has 9 nitrogen and oxygen atoms in total. The summed E-state index contributed by atoms with van der Waals surface area (Å²) in [6.45, 7) is 7.39. The quantitative estimate of drug-likeness (QED) is 0.493. The molecule has 0 saturated carbocycles. The summed E-state index contributed by atoms with van der Waals surface area (Å²) in [7, 11) is 2.12. The number of carboxylic acids is 2. The van der Waals surface area contributed by atoms with Crippen molar-refractivity contribution in [3.05, 3.63) is 38.5 Å². The van der Waals surface area contributed by atoms with Gasteiger partial charge in [0.2, 0.25) is 5.91 Å². The van der Waals surface area contributed by atoms with Gasteiger partial charge in [0.25, 0.3) is 0 Å². The number of aromatic nitrogens is 1. The van der Waals surface area contributed by atoms with Crippen molar-refractivity contribution in [2.45, 2.75) is 50.7 Å². The highest BCUT2D eigenvalue weighted by Crippen LogP contribution is 2.34. The number of piperidine rings is 1. The Bertz CT molecular complexity index is 1110. The van der Waals surface area contributed by atoms with Gasteiger partial charge >= 0.3 is 24.3 Å². The molecule has 0 bridgehead atoms. The number of hydrogen-bond acceptors (Lipinski definition) is 8. The monoisotopic (exact) mass is 618 g/mol. The number of hydrogen-bond donors (Lipinski definition) is 2. The number of halogens is 6. The van der Waals surface area contributed by atoms with Crippen LogP contribution in [0.5, 0.6) is 0 Å². The Morgan fingerprint density at radius 2 is 1.52 bits per heavy atom. The zero-order valence-electron chi connectivity index (χ0n) is 21.5. The lowest BCUT2D eigenvalue weighted by atomic mass is 9.82. The van der Waals surface area contributed by atoms with Crippen LogP contribution < -0.4 is 0 Å². The molecule has 4 rings (SSSR count). The van der Waals surface area contributed by atoms with E-state index >= 15 is 0 Å². The second kappa shape index (κ2) is 13.7. The molecule has 224 valence electrons. The van der Waals surface area contributed by atoms with E-state index < -0.39 is 24.3 Å². The van der Waals surface area contributed by atoms with E-state index in [4.69, 9.17) is 19.8 Å². The zero-order chi connectivity index (χ0) is 30.3. The predicted octanol–water partition coefficient (Wildman–Crippen LogP) is 4.09. The summed E-state index contributed by atoms with van der Waals surface area (Å²) in [5, 5.41) is 19.5. The third-order valence-corrected chi connectivity index (χ3v) is 7.95. The molecule has 17 heteroatoms. The highest BCUT2D eigenvalue weighted by Gasteiger charge is 2.49. The SMILES string of the molecule is Cc1nc(CN2CCN(C)C3(CCN(Cc4cccs4)CC3)C2=O)cs1.O=C(O)C(F)(F)F.O=C(O)C(F)(F)F. The lowest BCUT2D eigenvalue weighted by Crippen LogP contribution is -2.67. The van der Waals surface area contributed by atoms with Crippen LogP contribution in [0.1, 0.15) is 28.4 Å². The molecule has 2 aromatic rings. The molecule has 2 aliphatic heterocycles. The molecule has 1 spiro atoms. The van der Waals surface area contributed by atoms with Crippen LogP contribution in [0.25, 0.3) is 0 Å². The van der Waals surface area contributed by atoms with Crippen molar-refractivity contribution < 1.29 is 50.9 Å². The van der Waals surface area contributed by atoms with Crippen LogP contribution in [0.15, 0.2) is 22.9 Å². The van der Waals surface area contributed by atoms with Crippen molar-refractivity contribution in [1.29, 1.82) is 0 Å². The van der Waals surface area contributed by atoms with E-state index in [1.807, 2.05) is 23.2 Å². The fourth-order valence-electron chi connectivity index (χ4n) is 4.17. The molecule has 2 N–H and O–H groups in total. The van der Waals surface area contributed by atoms with Crippen LogP contribution in [0.3, 0.4) is 0 Å². The van der Waals surface area contributed by atoms with E-state index in [1.165, 1.54) is 4.88 Å². The first-order chi connectivity index (χ1) is 18.5. The van der Waals surface area contributed by atoms with Gasteiger partial charge < -0.3 is 15.1 Å². The molecule has 1 amide bonds. The summed E-state index contributed by atoms with van der Waals surface area (Å²) < 4.78 is 63.5. The summed E-state index contributed by atoms with van der Waals surface area (Å²) in [6.07, 6.45) is -8.33. The Morgan fingerprint density at radius 1 is 0.975 bits per heavy atom. The number of carbonyl (C=O) groups excluding carboxylic acids is 1. The maximum absolute atomic E-state index is 13.4. The zero-order valence-corrected chi connectivity index (χ0v) is 23.1. The number of aryl methyl sites for hydroxylation is 1. The maximum atomic E-state index is 13.4. The van der Waals surface area contributed by atoms with E-state index in [2.05, 4.69) is 44.7 Å². The molecule has 2 aliphatic rings. The minimum atomic E-state index is -5.08. The molecule has 2 saturated heterocycles. The number of likely N-dealkylation sites (tertiary alicyclic amines) is 1. The number of aliphatic carboxylic acids is 2. The fraction of sp³-hybridized carbons (Fsp3) is 0.565. The van der Waals surface area contributed by atoms with Crippen molar-refractivity contribution in [3.8, 4) is 0 Å². The van der Waals surface area contributed by atoms with Crippen molar-refractivity contribution >= 4 is 40.5 Å². The van der Waals surface area contributed by atoms with Gasteiger partial charge in [0.15, 0.2) is 0 Å². The summed E-state index contributed by atoms with van der Waals surface area (Å²) in [5.41, 5.74) is 0.700. The van der Waals surface area contributed by atoms with Crippen LogP contribution in [-0.2, 0) is 27.5 Å². The molecular formula is C23H28F6N4O5S2. The van der Waals surface area contributed by atoms with Gasteiger partial charge in [-0.3, -0.25) is 14.6 Å². The first-order valence-electron chi connectivity index (χ1n) is 11.7. The number of piperazine rings is 1. The number of thiophene rings is 1. The highest BCUT2D eigenvalue weighted by atomic mass is 32.1. The summed E-state index contributed by atoms with van der Waals surface area (Å²) >= 11 is 3.47. The molecule has 0 radical (unpaired) electrons. The van der Waals surface area contributed by atoms with Crippen molar-refractivity contribution in [2.75, 3.05) is 33.2 Å². The topological polar surface area (TPSA) is 114 Å². The van der Waals surface area contributed by atoms with E-state index in [0.717, 1.165) is 56.3 Å². The lowest BCUT2D eigenvalue weighted by Gasteiger charge is -2.51. The molecule has 2 aromatic heterocycles. The number of carboxylic acid groups (broad SMARTS) is 2. The lowest BCUT2D eigenvalue weighted by molar-refractivity contribution is -0.193.